The van der Waals surface area contributed by atoms with Crippen LogP contribution in [0.5, 0.6) is 11.5 Å². The van der Waals surface area contributed by atoms with E-state index < -0.39 is 0 Å². The summed E-state index contributed by atoms with van der Waals surface area (Å²) < 4.78 is 24.6. The van der Waals surface area contributed by atoms with Gasteiger partial charge in [0.2, 0.25) is 0 Å². The predicted molar refractivity (Wildman–Crippen MR) is 108 cm³/mol. The molecule has 0 aliphatic heterocycles. The topological polar surface area (TPSA) is 57.4 Å². The number of benzene rings is 2. The molecule has 2 N–H and O–H groups in total. The number of nitrogens with zero attached hydrogens (tertiary/aromatic N) is 1. The molecule has 1 aromatic heterocycles. The van der Waals surface area contributed by atoms with Crippen molar-refractivity contribution < 1.29 is 13.9 Å². The lowest BCUT2D eigenvalue weighted by Gasteiger charge is -2.17. The van der Waals surface area contributed by atoms with Gasteiger partial charge in [0.25, 0.3) is 0 Å². The molecular formula is C22H22ClFN2O2. The van der Waals surface area contributed by atoms with Gasteiger partial charge in [-0.3, -0.25) is 4.98 Å². The molecule has 3 rings (SSSR count). The van der Waals surface area contributed by atoms with Gasteiger partial charge in [0.1, 0.15) is 12.4 Å². The zero-order chi connectivity index (χ0) is 19.9. The molecule has 0 amide bonds. The Morgan fingerprint density at radius 3 is 2.54 bits per heavy atom. The van der Waals surface area contributed by atoms with E-state index in [4.69, 9.17) is 26.8 Å². The Balaban J connectivity index is 1.78. The Hall–Kier alpha value is -2.63. The van der Waals surface area contributed by atoms with Gasteiger partial charge in [0.15, 0.2) is 11.5 Å². The fourth-order valence-corrected chi connectivity index (χ4v) is 3.12. The summed E-state index contributed by atoms with van der Waals surface area (Å²) in [6, 6.07) is 15.3. The molecule has 0 bridgehead atoms. The van der Waals surface area contributed by atoms with Gasteiger partial charge in [-0.15, -0.1) is 0 Å². The Morgan fingerprint density at radius 2 is 1.86 bits per heavy atom. The van der Waals surface area contributed by atoms with E-state index in [9.17, 15) is 4.39 Å². The van der Waals surface area contributed by atoms with Crippen molar-refractivity contribution in [1.82, 2.24) is 4.98 Å². The van der Waals surface area contributed by atoms with Crippen LogP contribution in [0, 0.1) is 5.82 Å². The van der Waals surface area contributed by atoms with Gasteiger partial charge in [0.05, 0.1) is 23.4 Å². The van der Waals surface area contributed by atoms with Crippen molar-refractivity contribution in [2.45, 2.75) is 26.0 Å². The largest absolute Gasteiger partial charge is 0.490 e. The van der Waals surface area contributed by atoms with E-state index >= 15 is 0 Å². The number of aromatic nitrogens is 1. The van der Waals surface area contributed by atoms with Crippen LogP contribution in [0.15, 0.2) is 60.8 Å². The van der Waals surface area contributed by atoms with Crippen molar-refractivity contribution in [3.8, 4) is 11.5 Å². The quantitative estimate of drug-likeness (QED) is 0.572. The third kappa shape index (κ3) is 5.21. The molecule has 0 saturated carbocycles. The second kappa shape index (κ2) is 9.53. The Labute approximate surface area is 169 Å². The average molecular weight is 401 g/mol. The van der Waals surface area contributed by atoms with Gasteiger partial charge in [-0.1, -0.05) is 29.8 Å². The standard InChI is InChI=1S/C22H22ClFN2O2/c1-2-27-21-13-16(12-19(25)20-5-3-4-10-26-20)11-18(23)22(21)28-14-15-6-8-17(24)9-7-15/h3-11,13,19H,2,12,14,25H2,1H3. The molecule has 0 saturated heterocycles. The number of halogens is 2. The third-order valence-corrected chi connectivity index (χ3v) is 4.47. The van der Waals surface area contributed by atoms with E-state index in [1.165, 1.54) is 12.1 Å². The van der Waals surface area contributed by atoms with E-state index in [1.807, 2.05) is 37.3 Å². The SMILES string of the molecule is CCOc1cc(CC(N)c2ccccn2)cc(Cl)c1OCc1ccc(F)cc1. The summed E-state index contributed by atoms with van der Waals surface area (Å²) in [7, 11) is 0. The highest BCUT2D eigenvalue weighted by atomic mass is 35.5. The smallest absolute Gasteiger partial charge is 0.180 e. The first kappa shape index (κ1) is 20.1. The molecule has 0 spiro atoms. The van der Waals surface area contributed by atoms with E-state index in [0.717, 1.165) is 16.8 Å². The zero-order valence-electron chi connectivity index (χ0n) is 15.6. The molecule has 0 aliphatic rings. The van der Waals surface area contributed by atoms with Crippen molar-refractivity contribution >= 4 is 11.6 Å². The van der Waals surface area contributed by atoms with Gasteiger partial charge < -0.3 is 15.2 Å². The van der Waals surface area contributed by atoms with Crippen LogP contribution in [0.25, 0.3) is 0 Å². The highest BCUT2D eigenvalue weighted by molar-refractivity contribution is 6.32. The summed E-state index contributed by atoms with van der Waals surface area (Å²) in [6.45, 7) is 2.62. The number of pyridine rings is 1. The molecule has 4 nitrogen and oxygen atoms in total. The molecule has 28 heavy (non-hydrogen) atoms. The van der Waals surface area contributed by atoms with Gasteiger partial charge in [0, 0.05) is 6.20 Å². The summed E-state index contributed by atoms with van der Waals surface area (Å²) in [5, 5.41) is 0.441. The average Bonchev–Trinajstić information content (AvgIpc) is 2.69. The zero-order valence-corrected chi connectivity index (χ0v) is 16.3. The monoisotopic (exact) mass is 400 g/mol. The van der Waals surface area contributed by atoms with Crippen LogP contribution < -0.4 is 15.2 Å². The lowest BCUT2D eigenvalue weighted by molar-refractivity contribution is 0.269. The highest BCUT2D eigenvalue weighted by Crippen LogP contribution is 2.38. The van der Waals surface area contributed by atoms with Crippen LogP contribution in [0.3, 0.4) is 0 Å². The lowest BCUT2D eigenvalue weighted by Crippen LogP contribution is -2.15. The molecule has 6 heteroatoms. The molecule has 0 aliphatic carbocycles. The van der Waals surface area contributed by atoms with E-state index in [2.05, 4.69) is 4.98 Å². The Bertz CT molecular complexity index is 904. The minimum absolute atomic E-state index is 0.252. The highest BCUT2D eigenvalue weighted by Gasteiger charge is 2.16. The lowest BCUT2D eigenvalue weighted by atomic mass is 10.0. The molecule has 3 aromatic rings. The maximum absolute atomic E-state index is 13.1. The first-order chi connectivity index (χ1) is 13.6. The van der Waals surface area contributed by atoms with Crippen molar-refractivity contribution in [3.63, 3.8) is 0 Å². The summed E-state index contributed by atoms with van der Waals surface area (Å²) >= 11 is 6.47. The van der Waals surface area contributed by atoms with Crippen LogP contribution >= 0.6 is 11.6 Å². The maximum Gasteiger partial charge on any atom is 0.180 e. The van der Waals surface area contributed by atoms with Crippen LogP contribution in [0.1, 0.15) is 29.8 Å². The van der Waals surface area contributed by atoms with Gasteiger partial charge in [-0.2, -0.15) is 0 Å². The van der Waals surface area contributed by atoms with Crippen LogP contribution in [-0.2, 0) is 13.0 Å². The van der Waals surface area contributed by atoms with Gasteiger partial charge in [-0.25, -0.2) is 4.39 Å². The van der Waals surface area contributed by atoms with Crippen molar-refractivity contribution in [1.29, 1.82) is 0 Å². The Kier molecular flexibility index (Phi) is 6.85. The summed E-state index contributed by atoms with van der Waals surface area (Å²) in [4.78, 5) is 4.30. The minimum atomic E-state index is -0.287. The minimum Gasteiger partial charge on any atom is -0.490 e. The van der Waals surface area contributed by atoms with Crippen LogP contribution in [-0.4, -0.2) is 11.6 Å². The van der Waals surface area contributed by atoms with Crippen LogP contribution in [0.4, 0.5) is 4.39 Å². The second-order valence-electron chi connectivity index (χ2n) is 6.32. The third-order valence-electron chi connectivity index (χ3n) is 4.19. The molecule has 1 heterocycles. The summed E-state index contributed by atoms with van der Waals surface area (Å²) in [6.07, 6.45) is 2.29. The number of ether oxygens (including phenoxy) is 2. The summed E-state index contributed by atoms with van der Waals surface area (Å²) in [5.74, 6) is 0.730. The van der Waals surface area contributed by atoms with E-state index in [0.29, 0.717) is 29.5 Å². The summed E-state index contributed by atoms with van der Waals surface area (Å²) in [5.41, 5.74) is 8.86. The van der Waals surface area contributed by atoms with E-state index in [1.54, 1.807) is 18.3 Å². The number of hydrogen-bond acceptors (Lipinski definition) is 4. The molecule has 0 fully saturated rings. The first-order valence-electron chi connectivity index (χ1n) is 9.05. The van der Waals surface area contributed by atoms with Crippen molar-refractivity contribution in [2.75, 3.05) is 6.61 Å². The van der Waals surface area contributed by atoms with Crippen molar-refractivity contribution in [3.05, 3.63) is 88.5 Å². The fraction of sp³-hybridized carbons (Fsp3) is 0.227. The van der Waals surface area contributed by atoms with Crippen LogP contribution in [0.2, 0.25) is 5.02 Å². The number of rotatable bonds is 8. The second-order valence-corrected chi connectivity index (χ2v) is 6.73. The predicted octanol–water partition coefficient (Wildman–Crippen LogP) is 5.09. The molecular weight excluding hydrogens is 379 g/mol. The normalized spacial score (nSPS) is 11.9. The van der Waals surface area contributed by atoms with E-state index in [-0.39, 0.29) is 18.5 Å². The molecule has 0 radical (unpaired) electrons. The molecule has 146 valence electrons. The van der Waals surface area contributed by atoms with Gasteiger partial charge >= 0.3 is 0 Å². The molecule has 2 aromatic carbocycles. The first-order valence-corrected chi connectivity index (χ1v) is 9.43. The number of hydrogen-bond donors (Lipinski definition) is 1. The fourth-order valence-electron chi connectivity index (χ4n) is 2.83. The molecule has 1 atom stereocenters. The Morgan fingerprint density at radius 1 is 1.07 bits per heavy atom. The molecule has 1 unspecified atom stereocenters. The van der Waals surface area contributed by atoms with Crippen molar-refractivity contribution in [2.24, 2.45) is 5.73 Å². The van der Waals surface area contributed by atoms with Gasteiger partial charge in [-0.05, 0) is 60.9 Å². The number of nitrogens with two attached hydrogens (primary N) is 1. The maximum atomic E-state index is 13.1.